The molecule has 114 valence electrons. The van der Waals surface area contributed by atoms with Gasteiger partial charge in [0.25, 0.3) is 0 Å². The van der Waals surface area contributed by atoms with Crippen LogP contribution in [-0.2, 0) is 4.79 Å². The summed E-state index contributed by atoms with van der Waals surface area (Å²) in [6.45, 7) is 6.61. The average molecular weight is 277 g/mol. The van der Waals surface area contributed by atoms with Gasteiger partial charge in [-0.2, -0.15) is 0 Å². The number of hydrogen-bond donors (Lipinski definition) is 0. The molecule has 0 amide bonds. The predicted molar refractivity (Wildman–Crippen MR) is 82.7 cm³/mol. The third kappa shape index (κ3) is 2.81. The van der Waals surface area contributed by atoms with Crippen LogP contribution in [0.5, 0.6) is 0 Å². The van der Waals surface area contributed by atoms with Crippen LogP contribution in [-0.4, -0.2) is 29.8 Å². The Morgan fingerprint density at radius 1 is 1.05 bits per heavy atom. The number of piperidine rings is 1. The van der Waals surface area contributed by atoms with Crippen LogP contribution in [0.3, 0.4) is 0 Å². The minimum Gasteiger partial charge on any atom is -0.299 e. The summed E-state index contributed by atoms with van der Waals surface area (Å²) in [7, 11) is 0. The third-order valence-electron chi connectivity index (χ3n) is 6.21. The lowest BCUT2D eigenvalue weighted by Gasteiger charge is -2.46. The fourth-order valence-electron chi connectivity index (χ4n) is 5.01. The van der Waals surface area contributed by atoms with Crippen molar-refractivity contribution in [3.8, 4) is 0 Å². The van der Waals surface area contributed by atoms with Crippen molar-refractivity contribution in [1.82, 2.24) is 4.90 Å². The number of carbonyl (C=O) groups is 1. The molecule has 0 radical (unpaired) electrons. The molecule has 0 bridgehead atoms. The highest BCUT2D eigenvalue weighted by molar-refractivity contribution is 5.87. The number of hydrogen-bond acceptors (Lipinski definition) is 2. The van der Waals surface area contributed by atoms with Gasteiger partial charge in [-0.25, -0.2) is 0 Å². The van der Waals surface area contributed by atoms with E-state index >= 15 is 0 Å². The van der Waals surface area contributed by atoms with Gasteiger partial charge in [0.15, 0.2) is 0 Å². The van der Waals surface area contributed by atoms with Gasteiger partial charge in [0.05, 0.1) is 0 Å². The molecule has 0 aromatic carbocycles. The minimum atomic E-state index is -0.0648. The summed E-state index contributed by atoms with van der Waals surface area (Å²) in [5.41, 5.74) is -0.0648. The fraction of sp³-hybridized carbons (Fsp3) is 0.944. The van der Waals surface area contributed by atoms with Crippen molar-refractivity contribution >= 4 is 5.78 Å². The summed E-state index contributed by atoms with van der Waals surface area (Å²) < 4.78 is 0. The topological polar surface area (TPSA) is 20.3 Å². The molecule has 1 heterocycles. The van der Waals surface area contributed by atoms with E-state index in [1.807, 2.05) is 0 Å². The molecule has 2 saturated carbocycles. The Kier molecular flexibility index (Phi) is 4.21. The van der Waals surface area contributed by atoms with Crippen LogP contribution in [0.2, 0.25) is 0 Å². The Bertz CT molecular complexity index is 360. The van der Waals surface area contributed by atoms with E-state index in [9.17, 15) is 4.79 Å². The Morgan fingerprint density at radius 3 is 2.65 bits per heavy atom. The van der Waals surface area contributed by atoms with Crippen LogP contribution in [0, 0.1) is 17.3 Å². The number of likely N-dealkylation sites (tertiary alicyclic amines) is 1. The predicted octanol–water partition coefficient (Wildman–Crippen LogP) is 4.04. The zero-order valence-corrected chi connectivity index (χ0v) is 13.4. The molecule has 2 aliphatic carbocycles. The van der Waals surface area contributed by atoms with E-state index in [-0.39, 0.29) is 5.41 Å². The number of nitrogens with zero attached hydrogens (tertiary/aromatic N) is 1. The summed E-state index contributed by atoms with van der Waals surface area (Å²) in [6, 6.07) is 0.801. The summed E-state index contributed by atoms with van der Waals surface area (Å²) in [5.74, 6) is 1.80. The van der Waals surface area contributed by atoms with Gasteiger partial charge in [-0.3, -0.25) is 9.69 Å². The van der Waals surface area contributed by atoms with E-state index in [1.165, 1.54) is 51.5 Å². The average Bonchev–Trinajstić information content (AvgIpc) is 2.44. The second-order valence-corrected chi connectivity index (χ2v) is 8.09. The molecule has 3 aliphatic rings. The molecule has 0 spiro atoms. The van der Waals surface area contributed by atoms with Gasteiger partial charge < -0.3 is 0 Å². The lowest BCUT2D eigenvalue weighted by atomic mass is 9.70. The number of Topliss-reactive ketones (excluding diaryl/α,β-unsaturated/α-hetero) is 1. The van der Waals surface area contributed by atoms with Gasteiger partial charge in [-0.15, -0.1) is 0 Å². The second-order valence-electron chi connectivity index (χ2n) is 8.09. The van der Waals surface area contributed by atoms with Crippen LogP contribution in [0.25, 0.3) is 0 Å². The Hall–Kier alpha value is -0.370. The summed E-state index contributed by atoms with van der Waals surface area (Å²) in [4.78, 5) is 15.4. The number of carbonyl (C=O) groups excluding carboxylic acids is 1. The van der Waals surface area contributed by atoms with Crippen molar-refractivity contribution in [2.45, 2.75) is 77.7 Å². The molecule has 3 unspecified atom stereocenters. The Balaban J connectivity index is 1.65. The molecule has 0 aromatic rings. The molecule has 1 aliphatic heterocycles. The molecule has 2 nitrogen and oxygen atoms in total. The first-order valence-electron chi connectivity index (χ1n) is 8.86. The molecular formula is C18H31NO. The maximum absolute atomic E-state index is 12.7. The van der Waals surface area contributed by atoms with Gasteiger partial charge in [0.1, 0.15) is 5.78 Å². The molecule has 1 saturated heterocycles. The lowest BCUT2D eigenvalue weighted by molar-refractivity contribution is -0.135. The first-order valence-corrected chi connectivity index (χ1v) is 8.86. The summed E-state index contributed by atoms with van der Waals surface area (Å²) in [6.07, 6.45) is 11.9. The molecule has 3 rings (SSSR count). The van der Waals surface area contributed by atoms with Gasteiger partial charge >= 0.3 is 0 Å². The van der Waals surface area contributed by atoms with Crippen molar-refractivity contribution in [2.24, 2.45) is 17.3 Å². The van der Waals surface area contributed by atoms with Gasteiger partial charge in [0.2, 0.25) is 0 Å². The molecule has 20 heavy (non-hydrogen) atoms. The van der Waals surface area contributed by atoms with E-state index in [4.69, 9.17) is 0 Å². The summed E-state index contributed by atoms with van der Waals surface area (Å²) in [5, 5.41) is 0. The molecule has 2 heteroatoms. The van der Waals surface area contributed by atoms with E-state index in [1.54, 1.807) is 0 Å². The number of fused-ring (bicyclic) bond motifs is 1. The van der Waals surface area contributed by atoms with E-state index < -0.39 is 0 Å². The Morgan fingerprint density at radius 2 is 1.80 bits per heavy atom. The number of rotatable bonds is 2. The summed E-state index contributed by atoms with van der Waals surface area (Å²) >= 11 is 0. The molecular weight excluding hydrogens is 246 g/mol. The maximum Gasteiger partial charge on any atom is 0.142 e. The number of ketones is 1. The molecule has 3 fully saturated rings. The van der Waals surface area contributed by atoms with Gasteiger partial charge in [-0.05, 0) is 51.0 Å². The first-order chi connectivity index (χ1) is 9.58. The van der Waals surface area contributed by atoms with Crippen LogP contribution < -0.4 is 0 Å². The second kappa shape index (κ2) is 5.79. The smallest absolute Gasteiger partial charge is 0.142 e. The van der Waals surface area contributed by atoms with Crippen LogP contribution in [0.1, 0.15) is 71.6 Å². The largest absolute Gasteiger partial charge is 0.299 e. The van der Waals surface area contributed by atoms with Crippen molar-refractivity contribution in [3.63, 3.8) is 0 Å². The Labute approximate surface area is 124 Å². The van der Waals surface area contributed by atoms with E-state index in [0.29, 0.717) is 11.7 Å². The van der Waals surface area contributed by atoms with Gasteiger partial charge in [-0.1, -0.05) is 33.1 Å². The highest BCUT2D eigenvalue weighted by Gasteiger charge is 2.40. The van der Waals surface area contributed by atoms with Crippen LogP contribution >= 0.6 is 0 Å². The van der Waals surface area contributed by atoms with E-state index in [0.717, 1.165) is 31.3 Å². The van der Waals surface area contributed by atoms with Crippen LogP contribution in [0.4, 0.5) is 0 Å². The van der Waals surface area contributed by atoms with Crippen molar-refractivity contribution in [1.29, 1.82) is 0 Å². The molecule has 0 N–H and O–H groups in total. The maximum atomic E-state index is 12.7. The zero-order valence-electron chi connectivity index (χ0n) is 13.4. The zero-order chi connectivity index (χ0) is 14.2. The highest BCUT2D eigenvalue weighted by Crippen LogP contribution is 2.39. The minimum absolute atomic E-state index is 0.0648. The van der Waals surface area contributed by atoms with Crippen molar-refractivity contribution in [3.05, 3.63) is 0 Å². The van der Waals surface area contributed by atoms with Crippen molar-refractivity contribution < 1.29 is 4.79 Å². The fourth-order valence-corrected chi connectivity index (χ4v) is 5.01. The first kappa shape index (κ1) is 14.6. The molecule has 3 atom stereocenters. The van der Waals surface area contributed by atoms with Crippen molar-refractivity contribution in [2.75, 3.05) is 13.1 Å². The standard InChI is InChI=1S/C18H31NO/c1-18(2)11-5-8-15(17(18)20)13-19-12-6-9-14-7-3-4-10-16(14)19/h14-16H,3-13H2,1-2H3. The third-order valence-corrected chi connectivity index (χ3v) is 6.21. The van der Waals surface area contributed by atoms with Crippen LogP contribution in [0.15, 0.2) is 0 Å². The quantitative estimate of drug-likeness (QED) is 0.759. The normalized spacial score (nSPS) is 38.5. The lowest BCUT2D eigenvalue weighted by Crippen LogP contribution is -2.51. The van der Waals surface area contributed by atoms with E-state index in [2.05, 4.69) is 18.7 Å². The monoisotopic (exact) mass is 277 g/mol. The SMILES string of the molecule is CC1(C)CCCC(CN2CCCC3CCCCC32)C1=O. The molecule has 0 aromatic heterocycles. The van der Waals surface area contributed by atoms with Gasteiger partial charge in [0, 0.05) is 23.9 Å². The highest BCUT2D eigenvalue weighted by atomic mass is 16.1.